The molecule has 4 nitrogen and oxygen atoms in total. The Kier molecular flexibility index (Phi) is 2.09. The lowest BCUT2D eigenvalue weighted by atomic mass is 9.94. The van der Waals surface area contributed by atoms with E-state index in [0.29, 0.717) is 6.42 Å². The Labute approximate surface area is 70.1 Å². The van der Waals surface area contributed by atoms with Gasteiger partial charge in [0.05, 0.1) is 0 Å². The first-order chi connectivity index (χ1) is 5.37. The molecule has 0 atom stereocenters. The van der Waals surface area contributed by atoms with Crippen molar-refractivity contribution < 1.29 is 20.4 Å². The summed E-state index contributed by atoms with van der Waals surface area (Å²) in [5, 5.41) is 36.6. The summed E-state index contributed by atoms with van der Waals surface area (Å²) in [6.07, 6.45) is 3.24. The smallest absolute Gasteiger partial charge is 0.206 e. The summed E-state index contributed by atoms with van der Waals surface area (Å²) in [4.78, 5) is 0. The molecule has 0 spiro atoms. The molecule has 4 heteroatoms. The first-order valence-corrected chi connectivity index (χ1v) is 3.69. The zero-order valence-electron chi connectivity index (χ0n) is 6.73. The van der Waals surface area contributed by atoms with E-state index in [1.165, 1.54) is 0 Å². The molecule has 12 heavy (non-hydrogen) atoms. The van der Waals surface area contributed by atoms with Crippen LogP contribution in [0.15, 0.2) is 23.8 Å². The van der Waals surface area contributed by atoms with Crippen LogP contribution in [0.1, 0.15) is 13.3 Å². The SMILES string of the molecule is CCC1=CC(O)(O)C=CC1(O)O. The maximum Gasteiger partial charge on any atom is 0.206 e. The van der Waals surface area contributed by atoms with Crippen molar-refractivity contribution in [1.29, 1.82) is 0 Å². The summed E-state index contributed by atoms with van der Waals surface area (Å²) < 4.78 is 0. The standard InChI is InChI=1S/C8H12O4/c1-2-6-5-7(9,10)3-4-8(6,11)12/h3-5,9-12H,2H2,1H3. The molecule has 1 aliphatic rings. The fourth-order valence-corrected chi connectivity index (χ4v) is 1.12. The van der Waals surface area contributed by atoms with E-state index in [-0.39, 0.29) is 5.57 Å². The van der Waals surface area contributed by atoms with Gasteiger partial charge in [0.15, 0.2) is 0 Å². The van der Waals surface area contributed by atoms with Gasteiger partial charge in [0.1, 0.15) is 0 Å². The van der Waals surface area contributed by atoms with Crippen LogP contribution < -0.4 is 0 Å². The lowest BCUT2D eigenvalue weighted by molar-refractivity contribution is -0.115. The van der Waals surface area contributed by atoms with Gasteiger partial charge in [-0.05, 0) is 30.2 Å². The van der Waals surface area contributed by atoms with Gasteiger partial charge in [-0.1, -0.05) is 6.92 Å². The molecule has 0 saturated heterocycles. The van der Waals surface area contributed by atoms with E-state index < -0.39 is 11.6 Å². The van der Waals surface area contributed by atoms with Gasteiger partial charge in [-0.25, -0.2) is 0 Å². The Morgan fingerprint density at radius 1 is 1.17 bits per heavy atom. The third kappa shape index (κ3) is 1.73. The van der Waals surface area contributed by atoms with E-state index in [0.717, 1.165) is 18.2 Å². The number of aliphatic hydroxyl groups is 4. The average Bonchev–Trinajstić information content (AvgIpc) is 1.95. The fraction of sp³-hybridized carbons (Fsp3) is 0.500. The third-order valence-corrected chi connectivity index (χ3v) is 1.80. The largest absolute Gasteiger partial charge is 0.359 e. The van der Waals surface area contributed by atoms with Gasteiger partial charge in [-0.15, -0.1) is 0 Å². The molecule has 0 aromatic heterocycles. The maximum atomic E-state index is 9.24. The lowest BCUT2D eigenvalue weighted by Crippen LogP contribution is -2.36. The first-order valence-electron chi connectivity index (χ1n) is 3.69. The normalized spacial score (nSPS) is 25.2. The minimum Gasteiger partial charge on any atom is -0.359 e. The number of hydrogen-bond donors (Lipinski definition) is 4. The minimum absolute atomic E-state index is 0.176. The van der Waals surface area contributed by atoms with Crippen molar-refractivity contribution >= 4 is 0 Å². The highest BCUT2D eigenvalue weighted by molar-refractivity contribution is 5.30. The molecule has 0 aromatic rings. The molecule has 0 fully saturated rings. The van der Waals surface area contributed by atoms with Crippen molar-refractivity contribution in [1.82, 2.24) is 0 Å². The molecular formula is C8H12O4. The van der Waals surface area contributed by atoms with E-state index >= 15 is 0 Å². The van der Waals surface area contributed by atoms with Crippen LogP contribution in [0.2, 0.25) is 0 Å². The van der Waals surface area contributed by atoms with Crippen LogP contribution in [0.5, 0.6) is 0 Å². The van der Waals surface area contributed by atoms with Crippen LogP contribution in [0, 0.1) is 0 Å². The molecule has 1 rings (SSSR count). The van der Waals surface area contributed by atoms with E-state index in [2.05, 4.69) is 0 Å². The summed E-state index contributed by atoms with van der Waals surface area (Å²) in [5.74, 6) is -4.09. The van der Waals surface area contributed by atoms with Crippen LogP contribution in [0.25, 0.3) is 0 Å². The predicted molar refractivity (Wildman–Crippen MR) is 41.9 cm³/mol. The van der Waals surface area contributed by atoms with Crippen molar-refractivity contribution in [2.45, 2.75) is 24.9 Å². The molecular weight excluding hydrogens is 160 g/mol. The first kappa shape index (κ1) is 9.41. The molecule has 0 radical (unpaired) electrons. The maximum absolute atomic E-state index is 9.24. The quantitative estimate of drug-likeness (QED) is 0.310. The monoisotopic (exact) mass is 172 g/mol. The minimum atomic E-state index is -2.06. The molecule has 0 saturated carbocycles. The summed E-state index contributed by atoms with van der Waals surface area (Å²) in [6, 6.07) is 0. The van der Waals surface area contributed by atoms with E-state index in [9.17, 15) is 10.2 Å². The van der Waals surface area contributed by atoms with Crippen molar-refractivity contribution in [2.75, 3.05) is 0 Å². The second-order valence-corrected chi connectivity index (χ2v) is 2.87. The topological polar surface area (TPSA) is 80.9 Å². The Bertz CT molecular complexity index is 237. The van der Waals surface area contributed by atoms with Crippen LogP contribution in [-0.2, 0) is 0 Å². The zero-order chi connectivity index (χ0) is 9.41. The Morgan fingerprint density at radius 2 is 1.75 bits per heavy atom. The van der Waals surface area contributed by atoms with Crippen LogP contribution >= 0.6 is 0 Å². The molecule has 0 aliphatic heterocycles. The predicted octanol–water partition coefficient (Wildman–Crippen LogP) is -0.746. The Balaban J connectivity index is 3.00. The van der Waals surface area contributed by atoms with Crippen LogP contribution in [-0.4, -0.2) is 32.0 Å². The second-order valence-electron chi connectivity index (χ2n) is 2.87. The highest BCUT2D eigenvalue weighted by Crippen LogP contribution is 2.27. The van der Waals surface area contributed by atoms with Gasteiger partial charge in [0.2, 0.25) is 11.6 Å². The van der Waals surface area contributed by atoms with Crippen molar-refractivity contribution in [3.8, 4) is 0 Å². The molecule has 0 aromatic carbocycles. The van der Waals surface area contributed by atoms with E-state index in [4.69, 9.17) is 10.2 Å². The molecule has 4 N–H and O–H groups in total. The van der Waals surface area contributed by atoms with Crippen molar-refractivity contribution in [3.05, 3.63) is 23.8 Å². The van der Waals surface area contributed by atoms with Gasteiger partial charge >= 0.3 is 0 Å². The third-order valence-electron chi connectivity index (χ3n) is 1.80. The molecule has 0 bridgehead atoms. The van der Waals surface area contributed by atoms with Gasteiger partial charge in [-0.3, -0.25) is 0 Å². The summed E-state index contributed by atoms with van der Waals surface area (Å²) in [7, 11) is 0. The fourth-order valence-electron chi connectivity index (χ4n) is 1.12. The molecule has 0 unspecified atom stereocenters. The lowest BCUT2D eigenvalue weighted by Gasteiger charge is -2.28. The van der Waals surface area contributed by atoms with Gasteiger partial charge in [0, 0.05) is 0 Å². The molecule has 68 valence electrons. The highest BCUT2D eigenvalue weighted by atomic mass is 16.5. The summed E-state index contributed by atoms with van der Waals surface area (Å²) >= 11 is 0. The van der Waals surface area contributed by atoms with Gasteiger partial charge in [-0.2, -0.15) is 0 Å². The van der Waals surface area contributed by atoms with Crippen LogP contribution in [0.3, 0.4) is 0 Å². The van der Waals surface area contributed by atoms with E-state index in [1.807, 2.05) is 0 Å². The summed E-state index contributed by atoms with van der Waals surface area (Å²) in [5.41, 5.74) is 0.176. The highest BCUT2D eigenvalue weighted by Gasteiger charge is 2.33. The van der Waals surface area contributed by atoms with Crippen molar-refractivity contribution in [2.24, 2.45) is 0 Å². The molecule has 0 amide bonds. The molecule has 1 aliphatic carbocycles. The second kappa shape index (κ2) is 2.67. The van der Waals surface area contributed by atoms with Crippen LogP contribution in [0.4, 0.5) is 0 Å². The van der Waals surface area contributed by atoms with Gasteiger partial charge in [0.25, 0.3) is 0 Å². The number of hydrogen-bond acceptors (Lipinski definition) is 4. The summed E-state index contributed by atoms with van der Waals surface area (Å²) in [6.45, 7) is 1.70. The number of rotatable bonds is 1. The average molecular weight is 172 g/mol. The Morgan fingerprint density at radius 3 is 2.17 bits per heavy atom. The van der Waals surface area contributed by atoms with Gasteiger partial charge < -0.3 is 20.4 Å². The zero-order valence-corrected chi connectivity index (χ0v) is 6.73. The van der Waals surface area contributed by atoms with Crippen molar-refractivity contribution in [3.63, 3.8) is 0 Å². The van der Waals surface area contributed by atoms with E-state index in [1.54, 1.807) is 6.92 Å². The Hall–Kier alpha value is -0.680. The molecule has 0 heterocycles.